The van der Waals surface area contributed by atoms with Gasteiger partial charge in [0.05, 0.1) is 18.6 Å². The molecule has 1 saturated carbocycles. The standard InChI is InChI=1S/C21H26N6O3S/c1-30-17-11-5-14(6-12-17)13-27-25-21(24-26-27)20-18(15-7-9-16(22)10-8-15)3-2-4-19(20)31(23,28)29/h2-6,11-12,15-16H,7-10,13,22H2,1H3,(H2,23,28,29). The summed E-state index contributed by atoms with van der Waals surface area (Å²) in [5.41, 5.74) is 8.33. The summed E-state index contributed by atoms with van der Waals surface area (Å²) in [6.45, 7) is 0.391. The van der Waals surface area contributed by atoms with Crippen molar-refractivity contribution < 1.29 is 13.2 Å². The van der Waals surface area contributed by atoms with Crippen LogP contribution < -0.4 is 15.6 Å². The summed E-state index contributed by atoms with van der Waals surface area (Å²) in [6.07, 6.45) is 3.53. The normalized spacial score (nSPS) is 19.3. The van der Waals surface area contributed by atoms with E-state index in [-0.39, 0.29) is 22.7 Å². The smallest absolute Gasteiger partial charge is 0.238 e. The maximum absolute atomic E-state index is 12.3. The lowest BCUT2D eigenvalue weighted by molar-refractivity contribution is 0.395. The molecule has 164 valence electrons. The number of rotatable bonds is 6. The summed E-state index contributed by atoms with van der Waals surface area (Å²) >= 11 is 0. The molecule has 2 aromatic carbocycles. The van der Waals surface area contributed by atoms with Gasteiger partial charge in [-0.3, -0.25) is 0 Å². The van der Waals surface area contributed by atoms with Crippen molar-refractivity contribution >= 4 is 10.0 Å². The monoisotopic (exact) mass is 442 g/mol. The van der Waals surface area contributed by atoms with Crippen molar-refractivity contribution in [2.45, 2.75) is 49.1 Å². The molecule has 0 amide bonds. The second kappa shape index (κ2) is 8.74. The number of tetrazole rings is 1. The van der Waals surface area contributed by atoms with Crippen LogP contribution in [0.5, 0.6) is 5.75 Å². The van der Waals surface area contributed by atoms with Crippen LogP contribution in [0.1, 0.15) is 42.7 Å². The van der Waals surface area contributed by atoms with Crippen molar-refractivity contribution in [3.8, 4) is 17.1 Å². The third-order valence-electron chi connectivity index (χ3n) is 5.74. The van der Waals surface area contributed by atoms with Crippen LogP contribution in [0.4, 0.5) is 0 Å². The van der Waals surface area contributed by atoms with Crippen LogP contribution in [0.15, 0.2) is 47.4 Å². The molecule has 0 bridgehead atoms. The van der Waals surface area contributed by atoms with Gasteiger partial charge in [0.15, 0.2) is 0 Å². The zero-order valence-electron chi connectivity index (χ0n) is 17.3. The molecule has 31 heavy (non-hydrogen) atoms. The summed E-state index contributed by atoms with van der Waals surface area (Å²) in [6, 6.07) is 12.9. The number of hydrogen-bond donors (Lipinski definition) is 2. The second-order valence-corrected chi connectivity index (χ2v) is 9.40. The average Bonchev–Trinajstić information content (AvgIpc) is 3.22. The minimum absolute atomic E-state index is 0.0175. The fourth-order valence-electron chi connectivity index (χ4n) is 4.10. The molecule has 0 saturated heterocycles. The highest BCUT2D eigenvalue weighted by Gasteiger charge is 2.28. The number of methoxy groups -OCH3 is 1. The predicted molar refractivity (Wildman–Crippen MR) is 116 cm³/mol. The number of nitrogens with two attached hydrogens (primary N) is 2. The lowest BCUT2D eigenvalue weighted by Crippen LogP contribution is -2.26. The highest BCUT2D eigenvalue weighted by Crippen LogP contribution is 2.39. The van der Waals surface area contributed by atoms with Crippen molar-refractivity contribution in [3.63, 3.8) is 0 Å². The molecule has 3 aromatic rings. The molecular weight excluding hydrogens is 416 g/mol. The Labute approximate surface area is 181 Å². The molecule has 1 aliphatic rings. The van der Waals surface area contributed by atoms with Crippen LogP contribution in [0.2, 0.25) is 0 Å². The topological polar surface area (TPSA) is 139 Å². The maximum Gasteiger partial charge on any atom is 0.238 e. The van der Waals surface area contributed by atoms with E-state index in [9.17, 15) is 8.42 Å². The summed E-state index contributed by atoms with van der Waals surface area (Å²) in [7, 11) is -2.35. The van der Waals surface area contributed by atoms with Gasteiger partial charge >= 0.3 is 0 Å². The van der Waals surface area contributed by atoms with E-state index in [0.717, 1.165) is 42.6 Å². The molecule has 1 aliphatic carbocycles. The summed E-state index contributed by atoms with van der Waals surface area (Å²) in [4.78, 5) is 1.46. The molecule has 4 rings (SSSR count). The van der Waals surface area contributed by atoms with Crippen LogP contribution in [0.25, 0.3) is 11.4 Å². The van der Waals surface area contributed by atoms with Gasteiger partial charge in [0, 0.05) is 11.6 Å². The van der Waals surface area contributed by atoms with E-state index in [2.05, 4.69) is 15.4 Å². The third-order valence-corrected chi connectivity index (χ3v) is 6.69. The number of ether oxygens (including phenoxy) is 1. The first-order valence-corrected chi connectivity index (χ1v) is 11.7. The van der Waals surface area contributed by atoms with E-state index in [1.54, 1.807) is 13.2 Å². The number of sulfonamides is 1. The number of primary sulfonamides is 1. The SMILES string of the molecule is COc1ccc(Cn2nnc(-c3c(C4CCC(N)CC4)cccc3S(N)(=O)=O)n2)cc1. The molecule has 0 radical (unpaired) electrons. The Kier molecular flexibility index (Phi) is 6.03. The van der Waals surface area contributed by atoms with Crippen molar-refractivity contribution in [2.75, 3.05) is 7.11 Å². The minimum Gasteiger partial charge on any atom is -0.497 e. The highest BCUT2D eigenvalue weighted by molar-refractivity contribution is 7.89. The first-order chi connectivity index (χ1) is 14.8. The molecule has 4 N–H and O–H groups in total. The van der Waals surface area contributed by atoms with E-state index in [1.165, 1.54) is 10.9 Å². The first kappa shape index (κ1) is 21.4. The fourth-order valence-corrected chi connectivity index (χ4v) is 4.86. The van der Waals surface area contributed by atoms with Crippen molar-refractivity contribution in [2.24, 2.45) is 10.9 Å². The van der Waals surface area contributed by atoms with Gasteiger partial charge in [0.2, 0.25) is 15.8 Å². The highest BCUT2D eigenvalue weighted by atomic mass is 32.2. The average molecular weight is 443 g/mol. The maximum atomic E-state index is 12.3. The van der Waals surface area contributed by atoms with Crippen molar-refractivity contribution in [1.29, 1.82) is 0 Å². The summed E-state index contributed by atoms with van der Waals surface area (Å²) in [5.74, 6) is 1.18. The van der Waals surface area contributed by atoms with Crippen LogP contribution in [-0.2, 0) is 16.6 Å². The molecule has 0 atom stereocenters. The predicted octanol–water partition coefficient (Wildman–Crippen LogP) is 2.03. The Balaban J connectivity index is 1.71. The number of nitrogens with zero attached hydrogens (tertiary/aromatic N) is 4. The Bertz CT molecular complexity index is 1150. The van der Waals surface area contributed by atoms with E-state index >= 15 is 0 Å². The lowest BCUT2D eigenvalue weighted by Gasteiger charge is -2.28. The Morgan fingerprint density at radius 2 is 1.81 bits per heavy atom. The largest absolute Gasteiger partial charge is 0.497 e. The van der Waals surface area contributed by atoms with E-state index < -0.39 is 10.0 Å². The van der Waals surface area contributed by atoms with Gasteiger partial charge in [-0.2, -0.15) is 4.80 Å². The fraction of sp³-hybridized carbons (Fsp3) is 0.381. The molecule has 9 nitrogen and oxygen atoms in total. The van der Waals surface area contributed by atoms with Crippen LogP contribution in [0.3, 0.4) is 0 Å². The number of aromatic nitrogens is 4. The quantitative estimate of drug-likeness (QED) is 0.595. The summed E-state index contributed by atoms with van der Waals surface area (Å²) < 4.78 is 29.8. The molecule has 0 unspecified atom stereocenters. The Hall–Kier alpha value is -2.82. The number of benzene rings is 2. The first-order valence-electron chi connectivity index (χ1n) is 10.2. The molecule has 0 aliphatic heterocycles. The molecular formula is C21H26N6O3S. The van der Waals surface area contributed by atoms with Crippen LogP contribution >= 0.6 is 0 Å². The van der Waals surface area contributed by atoms with E-state index in [4.69, 9.17) is 15.6 Å². The second-order valence-electron chi connectivity index (χ2n) is 7.87. The van der Waals surface area contributed by atoms with E-state index in [1.807, 2.05) is 30.3 Å². The minimum atomic E-state index is -3.97. The van der Waals surface area contributed by atoms with Crippen LogP contribution in [0, 0.1) is 0 Å². The Morgan fingerprint density at radius 3 is 2.45 bits per heavy atom. The van der Waals surface area contributed by atoms with Gasteiger partial charge in [0.25, 0.3) is 0 Å². The van der Waals surface area contributed by atoms with Gasteiger partial charge in [-0.05, 0) is 66.1 Å². The molecule has 1 fully saturated rings. The van der Waals surface area contributed by atoms with Gasteiger partial charge in [0.1, 0.15) is 5.75 Å². The lowest BCUT2D eigenvalue weighted by atomic mass is 9.80. The summed E-state index contributed by atoms with van der Waals surface area (Å²) in [5, 5.41) is 18.3. The zero-order valence-corrected chi connectivity index (χ0v) is 18.1. The molecule has 10 heteroatoms. The zero-order chi connectivity index (χ0) is 22.0. The molecule has 0 spiro atoms. The van der Waals surface area contributed by atoms with Crippen molar-refractivity contribution in [1.82, 2.24) is 20.2 Å². The third kappa shape index (κ3) is 4.76. The van der Waals surface area contributed by atoms with Crippen molar-refractivity contribution in [3.05, 3.63) is 53.6 Å². The van der Waals surface area contributed by atoms with Gasteiger partial charge in [-0.25, -0.2) is 13.6 Å². The Morgan fingerprint density at radius 1 is 1.10 bits per heavy atom. The molecule has 1 aromatic heterocycles. The van der Waals surface area contributed by atoms with Gasteiger partial charge in [-0.15, -0.1) is 10.2 Å². The number of hydrogen-bond acceptors (Lipinski definition) is 7. The van der Waals surface area contributed by atoms with Gasteiger partial charge in [-0.1, -0.05) is 24.3 Å². The van der Waals surface area contributed by atoms with Gasteiger partial charge < -0.3 is 10.5 Å². The molecule has 1 heterocycles. The van der Waals surface area contributed by atoms with E-state index in [0.29, 0.717) is 12.1 Å². The van der Waals surface area contributed by atoms with Crippen LogP contribution in [-0.4, -0.2) is 41.8 Å².